The number of amides is 2. The van der Waals surface area contributed by atoms with Gasteiger partial charge in [-0.2, -0.15) is 0 Å². The molecule has 0 aliphatic carbocycles. The highest BCUT2D eigenvalue weighted by Gasteiger charge is 2.14. The van der Waals surface area contributed by atoms with Gasteiger partial charge in [0.15, 0.2) is 0 Å². The van der Waals surface area contributed by atoms with Gasteiger partial charge in [0.2, 0.25) is 11.8 Å². The lowest BCUT2D eigenvalue weighted by molar-refractivity contribution is -0.133. The Balaban J connectivity index is 1.96. The van der Waals surface area contributed by atoms with Crippen molar-refractivity contribution in [3.8, 4) is 0 Å². The first kappa shape index (κ1) is 14.7. The summed E-state index contributed by atoms with van der Waals surface area (Å²) in [5, 5.41) is 2.76. The second-order valence-corrected chi connectivity index (χ2v) is 4.65. The second-order valence-electron chi connectivity index (χ2n) is 4.65. The van der Waals surface area contributed by atoms with Crippen molar-refractivity contribution in [2.75, 3.05) is 11.9 Å². The minimum atomic E-state index is -0.222. The van der Waals surface area contributed by atoms with Crippen LogP contribution >= 0.6 is 0 Å². The molecule has 5 heteroatoms. The van der Waals surface area contributed by atoms with Gasteiger partial charge < -0.3 is 10.2 Å². The molecule has 0 radical (unpaired) electrons. The number of hydrogen-bond donors (Lipinski definition) is 1. The highest BCUT2D eigenvalue weighted by Crippen LogP contribution is 2.07. The molecule has 1 aromatic carbocycles. The quantitative estimate of drug-likeness (QED) is 0.913. The van der Waals surface area contributed by atoms with Crippen molar-refractivity contribution in [1.82, 2.24) is 9.88 Å². The number of carbonyl (C=O) groups is 2. The molecule has 2 rings (SSSR count). The summed E-state index contributed by atoms with van der Waals surface area (Å²) in [6.07, 6.45) is 3.36. The van der Waals surface area contributed by atoms with Crippen LogP contribution in [0.25, 0.3) is 0 Å². The molecule has 1 N–H and O–H groups in total. The average Bonchev–Trinajstić information content (AvgIpc) is 2.48. The number of rotatable bonds is 5. The molecule has 108 valence electrons. The van der Waals surface area contributed by atoms with Crippen LogP contribution in [0.15, 0.2) is 54.9 Å². The van der Waals surface area contributed by atoms with Crippen LogP contribution in [0.5, 0.6) is 0 Å². The number of anilines is 1. The van der Waals surface area contributed by atoms with E-state index in [1.54, 1.807) is 30.6 Å². The van der Waals surface area contributed by atoms with Crippen molar-refractivity contribution in [3.05, 3.63) is 60.4 Å². The van der Waals surface area contributed by atoms with E-state index in [0.29, 0.717) is 12.2 Å². The average molecular weight is 283 g/mol. The summed E-state index contributed by atoms with van der Waals surface area (Å²) >= 11 is 0. The van der Waals surface area contributed by atoms with Crippen molar-refractivity contribution in [1.29, 1.82) is 0 Å². The maximum Gasteiger partial charge on any atom is 0.244 e. The predicted molar refractivity (Wildman–Crippen MR) is 80.4 cm³/mol. The van der Waals surface area contributed by atoms with Gasteiger partial charge in [-0.3, -0.25) is 14.6 Å². The third-order valence-electron chi connectivity index (χ3n) is 2.93. The number of para-hydroxylation sites is 1. The van der Waals surface area contributed by atoms with Gasteiger partial charge in [0.25, 0.3) is 0 Å². The van der Waals surface area contributed by atoms with Crippen molar-refractivity contribution in [3.63, 3.8) is 0 Å². The van der Waals surface area contributed by atoms with Crippen molar-refractivity contribution >= 4 is 17.5 Å². The molecular weight excluding hydrogens is 266 g/mol. The summed E-state index contributed by atoms with van der Waals surface area (Å²) in [5.41, 5.74) is 1.60. The van der Waals surface area contributed by atoms with Crippen molar-refractivity contribution in [2.45, 2.75) is 13.5 Å². The highest BCUT2D eigenvalue weighted by atomic mass is 16.2. The van der Waals surface area contributed by atoms with Gasteiger partial charge in [0.05, 0.1) is 0 Å². The van der Waals surface area contributed by atoms with Crippen LogP contribution in [-0.2, 0) is 16.1 Å². The molecule has 0 spiro atoms. The van der Waals surface area contributed by atoms with Crippen LogP contribution in [0.4, 0.5) is 5.69 Å². The van der Waals surface area contributed by atoms with Crippen LogP contribution in [-0.4, -0.2) is 28.2 Å². The Morgan fingerprint density at radius 1 is 1.14 bits per heavy atom. The summed E-state index contributed by atoms with van der Waals surface area (Å²) in [4.78, 5) is 29.1. The fourth-order valence-electron chi connectivity index (χ4n) is 1.89. The SMILES string of the molecule is CC(=O)N(CC(=O)Nc1ccccc1)Cc1cccnc1. The predicted octanol–water partition coefficient (Wildman–Crippen LogP) is 2.07. The first-order valence-corrected chi connectivity index (χ1v) is 6.64. The molecule has 21 heavy (non-hydrogen) atoms. The molecule has 2 amide bonds. The topological polar surface area (TPSA) is 62.3 Å². The minimum absolute atomic E-state index is 0.0130. The van der Waals surface area contributed by atoms with Gasteiger partial charge in [-0.1, -0.05) is 24.3 Å². The lowest BCUT2D eigenvalue weighted by Crippen LogP contribution is -2.36. The monoisotopic (exact) mass is 283 g/mol. The zero-order valence-electron chi connectivity index (χ0n) is 11.8. The molecule has 2 aromatic rings. The molecule has 5 nitrogen and oxygen atoms in total. The zero-order chi connectivity index (χ0) is 15.1. The number of benzene rings is 1. The molecule has 0 saturated heterocycles. The summed E-state index contributed by atoms with van der Waals surface area (Å²) < 4.78 is 0. The van der Waals surface area contributed by atoms with Crippen molar-refractivity contribution in [2.24, 2.45) is 0 Å². The number of carbonyl (C=O) groups excluding carboxylic acids is 2. The third kappa shape index (κ3) is 4.72. The zero-order valence-corrected chi connectivity index (χ0v) is 11.8. The van der Waals surface area contributed by atoms with Gasteiger partial charge in [-0.15, -0.1) is 0 Å². The normalized spacial score (nSPS) is 9.95. The van der Waals surface area contributed by atoms with Gasteiger partial charge in [-0.05, 0) is 23.8 Å². The lowest BCUT2D eigenvalue weighted by atomic mass is 10.2. The fourth-order valence-corrected chi connectivity index (χ4v) is 1.89. The molecule has 1 aromatic heterocycles. The van der Waals surface area contributed by atoms with E-state index in [2.05, 4.69) is 10.3 Å². The Labute approximate surface area is 123 Å². The summed E-state index contributed by atoms with van der Waals surface area (Å²) in [6.45, 7) is 1.83. The number of hydrogen-bond acceptors (Lipinski definition) is 3. The molecule has 0 bridgehead atoms. The van der Waals surface area contributed by atoms with E-state index >= 15 is 0 Å². The highest BCUT2D eigenvalue weighted by molar-refractivity contribution is 5.94. The Morgan fingerprint density at radius 2 is 1.90 bits per heavy atom. The van der Waals surface area contributed by atoms with Crippen LogP contribution in [0.3, 0.4) is 0 Å². The molecule has 1 heterocycles. The maximum atomic E-state index is 12.0. The van der Waals surface area contributed by atoms with E-state index in [1.807, 2.05) is 24.3 Å². The fraction of sp³-hybridized carbons (Fsp3) is 0.188. The van der Waals surface area contributed by atoms with Crippen molar-refractivity contribution < 1.29 is 9.59 Å². The number of nitrogens with zero attached hydrogens (tertiary/aromatic N) is 2. The Morgan fingerprint density at radius 3 is 2.52 bits per heavy atom. The van der Waals surface area contributed by atoms with E-state index in [0.717, 1.165) is 5.56 Å². The molecule has 0 fully saturated rings. The first-order chi connectivity index (χ1) is 10.1. The number of nitrogens with one attached hydrogen (secondary N) is 1. The standard InChI is InChI=1S/C16H17N3O2/c1-13(20)19(11-14-6-5-9-17-10-14)12-16(21)18-15-7-3-2-4-8-15/h2-10H,11-12H2,1H3,(H,18,21). The van der Waals surface area contributed by atoms with Gasteiger partial charge in [0, 0.05) is 31.5 Å². The molecule has 0 saturated carbocycles. The lowest BCUT2D eigenvalue weighted by Gasteiger charge is -2.20. The molecule has 0 aliphatic heterocycles. The molecule has 0 aliphatic rings. The van der Waals surface area contributed by atoms with E-state index < -0.39 is 0 Å². The van der Waals surface area contributed by atoms with E-state index in [-0.39, 0.29) is 18.4 Å². The third-order valence-corrected chi connectivity index (χ3v) is 2.93. The van der Waals surface area contributed by atoms with Crippen LogP contribution in [0.1, 0.15) is 12.5 Å². The Hall–Kier alpha value is -2.69. The van der Waals surface area contributed by atoms with Gasteiger partial charge in [-0.25, -0.2) is 0 Å². The maximum absolute atomic E-state index is 12.0. The van der Waals surface area contributed by atoms with Gasteiger partial charge in [0.1, 0.15) is 6.54 Å². The first-order valence-electron chi connectivity index (χ1n) is 6.64. The molecular formula is C16H17N3O2. The Bertz CT molecular complexity index is 599. The largest absolute Gasteiger partial charge is 0.329 e. The van der Waals surface area contributed by atoms with E-state index in [4.69, 9.17) is 0 Å². The van der Waals surface area contributed by atoms with Crippen LogP contribution in [0, 0.1) is 0 Å². The summed E-state index contributed by atoms with van der Waals surface area (Å²) in [7, 11) is 0. The number of pyridine rings is 1. The smallest absolute Gasteiger partial charge is 0.244 e. The van der Waals surface area contributed by atoms with Gasteiger partial charge >= 0.3 is 0 Å². The summed E-state index contributed by atoms with van der Waals surface area (Å²) in [5.74, 6) is -0.373. The van der Waals surface area contributed by atoms with E-state index in [1.165, 1.54) is 11.8 Å². The van der Waals surface area contributed by atoms with Crippen LogP contribution < -0.4 is 5.32 Å². The Kier molecular flexibility index (Phi) is 5.04. The second kappa shape index (κ2) is 7.19. The summed E-state index contributed by atoms with van der Waals surface area (Å²) in [6, 6.07) is 12.8. The minimum Gasteiger partial charge on any atom is -0.329 e. The number of aromatic nitrogens is 1. The van der Waals surface area contributed by atoms with Crippen LogP contribution in [0.2, 0.25) is 0 Å². The molecule has 0 atom stereocenters. The van der Waals surface area contributed by atoms with E-state index in [9.17, 15) is 9.59 Å². The molecule has 0 unspecified atom stereocenters.